The van der Waals surface area contributed by atoms with Crippen molar-refractivity contribution in [2.24, 2.45) is 0 Å². The van der Waals surface area contributed by atoms with E-state index in [0.29, 0.717) is 24.1 Å². The van der Waals surface area contributed by atoms with Gasteiger partial charge in [0.2, 0.25) is 10.0 Å². The first-order valence-corrected chi connectivity index (χ1v) is 10.8. The van der Waals surface area contributed by atoms with Crippen LogP contribution in [-0.4, -0.2) is 29.4 Å². The topological polar surface area (TPSA) is 79.0 Å². The van der Waals surface area contributed by atoms with E-state index in [-0.39, 0.29) is 17.1 Å². The molecule has 0 bridgehead atoms. The van der Waals surface area contributed by atoms with Crippen molar-refractivity contribution in [2.45, 2.75) is 38.5 Å². The zero-order valence-electron chi connectivity index (χ0n) is 15.3. The third kappa shape index (κ3) is 3.23. The van der Waals surface area contributed by atoms with Gasteiger partial charge in [-0.1, -0.05) is 13.3 Å². The predicted octanol–water partition coefficient (Wildman–Crippen LogP) is 4.38. The summed E-state index contributed by atoms with van der Waals surface area (Å²) in [5, 5.41) is 7.92. The fourth-order valence-corrected chi connectivity index (χ4v) is 5.04. The number of nitrogens with zero attached hydrogens (tertiary/aromatic N) is 3. The van der Waals surface area contributed by atoms with Crippen LogP contribution < -0.4 is 4.31 Å². The molecule has 1 aliphatic carbocycles. The summed E-state index contributed by atoms with van der Waals surface area (Å²) in [5.74, 6) is -1.57. The number of aromatic nitrogens is 3. The fourth-order valence-electron chi connectivity index (χ4n) is 3.47. The van der Waals surface area contributed by atoms with Gasteiger partial charge in [0.1, 0.15) is 5.82 Å². The third-order valence-corrected chi connectivity index (χ3v) is 6.93. The van der Waals surface area contributed by atoms with E-state index < -0.39 is 21.7 Å². The molecule has 1 aliphatic rings. The molecule has 1 fully saturated rings. The Balaban J connectivity index is 1.88. The molecule has 9 heteroatoms. The Morgan fingerprint density at radius 1 is 1.25 bits per heavy atom. The molecule has 148 valence electrons. The van der Waals surface area contributed by atoms with E-state index in [2.05, 4.69) is 15.2 Å². The summed E-state index contributed by atoms with van der Waals surface area (Å²) in [6, 6.07) is 4.50. The molecule has 1 N–H and O–H groups in total. The highest BCUT2D eigenvalue weighted by Crippen LogP contribution is 2.40. The van der Waals surface area contributed by atoms with Crippen LogP contribution in [0.5, 0.6) is 0 Å². The van der Waals surface area contributed by atoms with Gasteiger partial charge < -0.3 is 0 Å². The Kier molecular flexibility index (Phi) is 4.78. The van der Waals surface area contributed by atoms with Crippen LogP contribution in [0.15, 0.2) is 30.5 Å². The molecule has 0 saturated heterocycles. The molecule has 1 saturated carbocycles. The number of pyridine rings is 1. The van der Waals surface area contributed by atoms with E-state index in [1.807, 2.05) is 0 Å². The standard InChI is InChI=1S/C19H20F2N4O2S/c1-2-8-28(26,27)25(17-7-6-13(20)9-16(17)21)14-10-15-18(12-4-3-5-12)23-24-19(15)22-11-14/h6-7,9-12H,2-5,8H2,1H3,(H,22,23,24). The number of aromatic amines is 1. The molecule has 2 aromatic heterocycles. The second-order valence-electron chi connectivity index (χ2n) is 7.01. The monoisotopic (exact) mass is 406 g/mol. The van der Waals surface area contributed by atoms with Crippen molar-refractivity contribution in [3.05, 3.63) is 47.8 Å². The molecule has 0 spiro atoms. The summed E-state index contributed by atoms with van der Waals surface area (Å²) in [7, 11) is -3.89. The molecule has 4 rings (SSSR count). The fraction of sp³-hybridized carbons (Fsp3) is 0.368. The number of rotatable bonds is 6. The minimum absolute atomic E-state index is 0.178. The second kappa shape index (κ2) is 7.12. The average Bonchev–Trinajstić information content (AvgIpc) is 2.98. The van der Waals surface area contributed by atoms with Crippen molar-refractivity contribution in [3.8, 4) is 0 Å². The van der Waals surface area contributed by atoms with Gasteiger partial charge in [-0.05, 0) is 37.5 Å². The summed E-state index contributed by atoms with van der Waals surface area (Å²) in [6.07, 6.45) is 4.91. The lowest BCUT2D eigenvalue weighted by molar-refractivity contribution is 0.413. The maximum atomic E-state index is 14.5. The molecule has 6 nitrogen and oxygen atoms in total. The van der Waals surface area contributed by atoms with Crippen LogP contribution in [0.2, 0.25) is 0 Å². The van der Waals surface area contributed by atoms with Crippen molar-refractivity contribution < 1.29 is 17.2 Å². The predicted molar refractivity (Wildman–Crippen MR) is 103 cm³/mol. The Morgan fingerprint density at radius 2 is 2.04 bits per heavy atom. The number of hydrogen-bond donors (Lipinski definition) is 1. The third-order valence-electron chi connectivity index (χ3n) is 5.04. The number of anilines is 2. The van der Waals surface area contributed by atoms with E-state index in [1.54, 1.807) is 13.0 Å². The Morgan fingerprint density at radius 3 is 2.68 bits per heavy atom. The number of H-pyrrole nitrogens is 1. The zero-order valence-corrected chi connectivity index (χ0v) is 16.1. The molecular formula is C19H20F2N4O2S. The van der Waals surface area contributed by atoms with E-state index in [9.17, 15) is 17.2 Å². The maximum absolute atomic E-state index is 14.5. The Bertz CT molecular complexity index is 1130. The smallest absolute Gasteiger partial charge is 0.239 e. The average molecular weight is 406 g/mol. The molecule has 0 unspecified atom stereocenters. The van der Waals surface area contributed by atoms with E-state index in [1.165, 1.54) is 6.20 Å². The molecule has 1 aromatic carbocycles. The molecule has 0 aliphatic heterocycles. The van der Waals surface area contributed by atoms with E-state index >= 15 is 0 Å². The van der Waals surface area contributed by atoms with Crippen molar-refractivity contribution >= 4 is 32.4 Å². The van der Waals surface area contributed by atoms with Gasteiger partial charge in [0.05, 0.1) is 23.3 Å². The molecule has 0 amide bonds. The summed E-state index contributed by atoms with van der Waals surface area (Å²) < 4.78 is 54.7. The lowest BCUT2D eigenvalue weighted by Crippen LogP contribution is -2.29. The lowest BCUT2D eigenvalue weighted by Gasteiger charge is -2.26. The lowest BCUT2D eigenvalue weighted by atomic mass is 9.82. The SMILES string of the molecule is CCCS(=O)(=O)N(c1cnc2n[nH]c(C3CCC3)c2c1)c1ccc(F)cc1F. The van der Waals surface area contributed by atoms with Gasteiger partial charge in [-0.25, -0.2) is 26.5 Å². The van der Waals surface area contributed by atoms with Crippen LogP contribution >= 0.6 is 0 Å². The van der Waals surface area contributed by atoms with Crippen LogP contribution in [0.1, 0.15) is 44.2 Å². The Hall–Kier alpha value is -2.55. The van der Waals surface area contributed by atoms with Crippen molar-refractivity contribution in [1.29, 1.82) is 0 Å². The van der Waals surface area contributed by atoms with Gasteiger partial charge in [-0.3, -0.25) is 5.10 Å². The normalized spacial score (nSPS) is 15.0. The van der Waals surface area contributed by atoms with Crippen LogP contribution in [0.3, 0.4) is 0 Å². The van der Waals surface area contributed by atoms with Gasteiger partial charge in [0.25, 0.3) is 0 Å². The second-order valence-corrected chi connectivity index (χ2v) is 8.94. The molecule has 28 heavy (non-hydrogen) atoms. The Labute approximate surface area is 161 Å². The first kappa shape index (κ1) is 18.8. The number of fused-ring (bicyclic) bond motifs is 1. The zero-order chi connectivity index (χ0) is 19.9. The van der Waals surface area contributed by atoms with Gasteiger partial charge in [0.15, 0.2) is 11.5 Å². The minimum atomic E-state index is -3.89. The molecular weight excluding hydrogens is 386 g/mol. The molecule has 0 atom stereocenters. The number of halogens is 2. The molecule has 0 radical (unpaired) electrons. The van der Waals surface area contributed by atoms with Crippen LogP contribution in [-0.2, 0) is 10.0 Å². The number of hydrogen-bond acceptors (Lipinski definition) is 4. The summed E-state index contributed by atoms with van der Waals surface area (Å²) >= 11 is 0. The van der Waals surface area contributed by atoms with Gasteiger partial charge in [0, 0.05) is 23.1 Å². The summed E-state index contributed by atoms with van der Waals surface area (Å²) in [6.45, 7) is 1.73. The quantitative estimate of drug-likeness (QED) is 0.659. The van der Waals surface area contributed by atoms with E-state index in [0.717, 1.165) is 46.8 Å². The maximum Gasteiger partial charge on any atom is 0.239 e. The summed E-state index contributed by atoms with van der Waals surface area (Å²) in [4.78, 5) is 4.26. The summed E-state index contributed by atoms with van der Waals surface area (Å²) in [5.41, 5.74) is 1.37. The number of sulfonamides is 1. The van der Waals surface area contributed by atoms with Crippen LogP contribution in [0.4, 0.5) is 20.2 Å². The highest BCUT2D eigenvalue weighted by atomic mass is 32.2. The number of benzene rings is 1. The molecule has 3 aromatic rings. The first-order valence-electron chi connectivity index (χ1n) is 9.23. The highest BCUT2D eigenvalue weighted by Gasteiger charge is 2.29. The minimum Gasteiger partial charge on any atom is -0.279 e. The van der Waals surface area contributed by atoms with Crippen LogP contribution in [0.25, 0.3) is 11.0 Å². The highest BCUT2D eigenvalue weighted by molar-refractivity contribution is 7.93. The van der Waals surface area contributed by atoms with Crippen LogP contribution in [0, 0.1) is 11.6 Å². The van der Waals surface area contributed by atoms with Gasteiger partial charge in [-0.15, -0.1) is 0 Å². The largest absolute Gasteiger partial charge is 0.279 e. The number of nitrogens with one attached hydrogen (secondary N) is 1. The van der Waals surface area contributed by atoms with Gasteiger partial charge in [-0.2, -0.15) is 5.10 Å². The van der Waals surface area contributed by atoms with Crippen molar-refractivity contribution in [2.75, 3.05) is 10.1 Å². The first-order chi connectivity index (χ1) is 13.4. The van der Waals surface area contributed by atoms with Crippen molar-refractivity contribution in [3.63, 3.8) is 0 Å². The van der Waals surface area contributed by atoms with Gasteiger partial charge >= 0.3 is 0 Å². The molecule has 2 heterocycles. The van der Waals surface area contributed by atoms with Crippen molar-refractivity contribution in [1.82, 2.24) is 15.2 Å². The van der Waals surface area contributed by atoms with E-state index in [4.69, 9.17) is 0 Å².